The number of aromatic nitrogens is 3. The summed E-state index contributed by atoms with van der Waals surface area (Å²) in [5.74, 6) is 0.941. The molecule has 4 saturated heterocycles. The Kier molecular flexibility index (Phi) is 6.97. The number of nitrogens with zero attached hydrogens (tertiary/aromatic N) is 6. The van der Waals surface area contributed by atoms with Gasteiger partial charge in [0.25, 0.3) is 0 Å². The van der Waals surface area contributed by atoms with Crippen molar-refractivity contribution < 1.29 is 19.4 Å². The second kappa shape index (κ2) is 11.0. The van der Waals surface area contributed by atoms with Crippen LogP contribution in [0.1, 0.15) is 59.3 Å². The first-order chi connectivity index (χ1) is 22.2. The Labute approximate surface area is 269 Å². The number of rotatable bonds is 5. The molecule has 4 fully saturated rings. The van der Waals surface area contributed by atoms with Crippen LogP contribution in [0.3, 0.4) is 0 Å². The van der Waals surface area contributed by atoms with E-state index in [0.29, 0.717) is 36.7 Å². The molecule has 2 bridgehead atoms. The van der Waals surface area contributed by atoms with E-state index in [2.05, 4.69) is 15.9 Å². The van der Waals surface area contributed by atoms with E-state index in [1.54, 1.807) is 12.1 Å². The van der Waals surface area contributed by atoms with Gasteiger partial charge in [0.2, 0.25) is 0 Å². The molecule has 8 rings (SSSR count). The average molecular weight is 623 g/mol. The summed E-state index contributed by atoms with van der Waals surface area (Å²) >= 11 is 0. The van der Waals surface area contributed by atoms with Gasteiger partial charge in [0.05, 0.1) is 23.1 Å². The first kappa shape index (κ1) is 29.2. The van der Waals surface area contributed by atoms with Gasteiger partial charge in [-0.1, -0.05) is 24.3 Å². The van der Waals surface area contributed by atoms with E-state index in [0.717, 1.165) is 66.5 Å². The zero-order chi connectivity index (χ0) is 31.6. The lowest BCUT2D eigenvalue weighted by Crippen LogP contribution is -2.57. The van der Waals surface area contributed by atoms with Gasteiger partial charge in [-0.25, -0.2) is 4.79 Å². The molecule has 0 spiro atoms. The summed E-state index contributed by atoms with van der Waals surface area (Å²) in [6, 6.07) is 14.0. The van der Waals surface area contributed by atoms with Gasteiger partial charge in [0.1, 0.15) is 23.5 Å². The van der Waals surface area contributed by atoms with Crippen LogP contribution in [0.25, 0.3) is 32.9 Å². The molecule has 1 N–H and O–H groups in total. The van der Waals surface area contributed by atoms with Gasteiger partial charge >= 0.3 is 12.1 Å². The molecular formula is C36H42N6O4. The van der Waals surface area contributed by atoms with E-state index in [-0.39, 0.29) is 29.5 Å². The van der Waals surface area contributed by atoms with Crippen molar-refractivity contribution in [2.75, 3.05) is 37.7 Å². The molecule has 2 atom stereocenters. The Bertz CT molecular complexity index is 1800. The highest BCUT2D eigenvalue weighted by Gasteiger charge is 2.46. The predicted octanol–water partition coefficient (Wildman–Crippen LogP) is 6.15. The van der Waals surface area contributed by atoms with Gasteiger partial charge in [-0.15, -0.1) is 0 Å². The van der Waals surface area contributed by atoms with Gasteiger partial charge < -0.3 is 19.5 Å². The molecular weight excluding hydrogens is 580 g/mol. The normalized spacial score (nSPS) is 22.5. The number of ether oxygens (including phenoxy) is 2. The monoisotopic (exact) mass is 622 g/mol. The molecule has 1 amide bonds. The Morgan fingerprint density at radius 2 is 1.76 bits per heavy atom. The lowest BCUT2D eigenvalue weighted by Gasteiger charge is -2.41. The van der Waals surface area contributed by atoms with Crippen molar-refractivity contribution in [3.63, 3.8) is 0 Å². The van der Waals surface area contributed by atoms with Crippen molar-refractivity contribution in [1.82, 2.24) is 24.8 Å². The average Bonchev–Trinajstić information content (AvgIpc) is 3.68. The Morgan fingerprint density at radius 1 is 1.02 bits per heavy atom. The number of piperazine rings is 1. The fraction of sp³-hybridized carbons (Fsp3) is 0.500. The first-order valence-corrected chi connectivity index (χ1v) is 16.7. The molecule has 4 aliphatic heterocycles. The minimum Gasteiger partial charge on any atom is -0.508 e. The number of carbonyl (C=O) groups excluding carboxylic acids is 1. The van der Waals surface area contributed by atoms with E-state index in [1.807, 2.05) is 56.1 Å². The molecule has 0 radical (unpaired) electrons. The largest absolute Gasteiger partial charge is 0.508 e. The summed E-state index contributed by atoms with van der Waals surface area (Å²) < 4.78 is 12.3. The number of hydrogen-bond acceptors (Lipinski definition) is 9. The van der Waals surface area contributed by atoms with Crippen LogP contribution in [0.15, 0.2) is 48.7 Å². The third-order valence-electron chi connectivity index (χ3n) is 10.3. The number of amides is 1. The van der Waals surface area contributed by atoms with Crippen LogP contribution < -0.4 is 9.64 Å². The molecule has 0 saturated carbocycles. The summed E-state index contributed by atoms with van der Waals surface area (Å²) in [6.45, 7) is 9.83. The second-order valence-corrected chi connectivity index (χ2v) is 14.5. The summed E-state index contributed by atoms with van der Waals surface area (Å²) in [5, 5.41) is 12.5. The molecule has 240 valence electrons. The fourth-order valence-corrected chi connectivity index (χ4v) is 8.30. The molecule has 4 aromatic rings. The maximum atomic E-state index is 13.2. The number of benzene rings is 2. The third-order valence-corrected chi connectivity index (χ3v) is 10.3. The standard InChI is InChI=1S/C36H42N6O4/c1-35(2,3)46-34(44)42-25-10-11-26(42)21-40(20-25)32-31-30(38-33(39-32)45-22-36-12-6-14-41(36)15-7-13-36)17-24(19-37-31)29-18-27(43)16-23-8-4-5-9-28(23)29/h4-5,8-9,16-19,25-26,43H,6-7,10-15,20-22H2,1-3H3. The van der Waals surface area contributed by atoms with Gasteiger partial charge in [-0.3, -0.25) is 14.8 Å². The predicted molar refractivity (Wildman–Crippen MR) is 177 cm³/mol. The highest BCUT2D eigenvalue weighted by Crippen LogP contribution is 2.41. The smallest absolute Gasteiger partial charge is 0.410 e. The van der Waals surface area contributed by atoms with Crippen LogP contribution in [0.5, 0.6) is 11.8 Å². The number of phenols is 1. The number of fused-ring (bicyclic) bond motifs is 5. The van der Waals surface area contributed by atoms with E-state index in [4.69, 9.17) is 24.4 Å². The number of pyridine rings is 1. The molecule has 10 heteroatoms. The topological polar surface area (TPSA) is 104 Å². The molecule has 2 unspecified atom stereocenters. The molecule has 10 nitrogen and oxygen atoms in total. The van der Waals surface area contributed by atoms with Gasteiger partial charge in [0, 0.05) is 24.8 Å². The van der Waals surface area contributed by atoms with Crippen molar-refractivity contribution in [1.29, 1.82) is 0 Å². The first-order valence-electron chi connectivity index (χ1n) is 16.7. The lowest BCUT2D eigenvalue weighted by molar-refractivity contribution is 0.0122. The quantitative estimate of drug-likeness (QED) is 0.281. The minimum atomic E-state index is -0.543. The van der Waals surface area contributed by atoms with Crippen LogP contribution >= 0.6 is 0 Å². The summed E-state index contributed by atoms with van der Waals surface area (Å²) in [6.07, 6.45) is 8.12. The van der Waals surface area contributed by atoms with Crippen LogP contribution in [0.4, 0.5) is 10.6 Å². The van der Waals surface area contributed by atoms with Crippen molar-refractivity contribution >= 4 is 33.7 Å². The van der Waals surface area contributed by atoms with Crippen molar-refractivity contribution in [2.45, 2.75) is 82.5 Å². The highest BCUT2D eigenvalue weighted by atomic mass is 16.6. The molecule has 2 aromatic heterocycles. The molecule has 0 aliphatic carbocycles. The number of hydrogen-bond donors (Lipinski definition) is 1. The van der Waals surface area contributed by atoms with Gasteiger partial charge in [-0.2, -0.15) is 9.97 Å². The van der Waals surface area contributed by atoms with Crippen LogP contribution in [0.2, 0.25) is 0 Å². The summed E-state index contributed by atoms with van der Waals surface area (Å²) in [7, 11) is 0. The van der Waals surface area contributed by atoms with Crippen LogP contribution in [0, 0.1) is 0 Å². The van der Waals surface area contributed by atoms with Gasteiger partial charge in [0.15, 0.2) is 5.82 Å². The number of carbonyl (C=O) groups is 1. The summed E-state index contributed by atoms with van der Waals surface area (Å²) in [4.78, 5) is 34.9. The number of aromatic hydroxyl groups is 1. The third kappa shape index (κ3) is 5.16. The Balaban J connectivity index is 1.17. The van der Waals surface area contributed by atoms with Crippen LogP contribution in [-0.2, 0) is 4.74 Å². The van der Waals surface area contributed by atoms with Crippen molar-refractivity contribution in [3.8, 4) is 22.9 Å². The van der Waals surface area contributed by atoms with Crippen molar-refractivity contribution in [3.05, 3.63) is 48.7 Å². The molecule has 46 heavy (non-hydrogen) atoms. The Morgan fingerprint density at radius 3 is 2.50 bits per heavy atom. The zero-order valence-electron chi connectivity index (χ0n) is 26.9. The number of phenolic OH excluding ortho intramolecular Hbond substituents is 1. The lowest BCUT2D eigenvalue weighted by atomic mass is 9.95. The minimum absolute atomic E-state index is 0.0327. The van der Waals surface area contributed by atoms with E-state index in [9.17, 15) is 9.90 Å². The second-order valence-electron chi connectivity index (χ2n) is 14.5. The van der Waals surface area contributed by atoms with E-state index >= 15 is 0 Å². The van der Waals surface area contributed by atoms with E-state index in [1.165, 1.54) is 12.8 Å². The fourth-order valence-electron chi connectivity index (χ4n) is 8.30. The Hall–Kier alpha value is -4.18. The molecule has 2 aromatic carbocycles. The zero-order valence-corrected chi connectivity index (χ0v) is 26.9. The maximum Gasteiger partial charge on any atom is 0.410 e. The van der Waals surface area contributed by atoms with Crippen LogP contribution in [-0.4, -0.2) is 92.0 Å². The van der Waals surface area contributed by atoms with Crippen molar-refractivity contribution in [2.24, 2.45) is 0 Å². The highest BCUT2D eigenvalue weighted by molar-refractivity contribution is 5.99. The molecule has 6 heterocycles. The van der Waals surface area contributed by atoms with Gasteiger partial charge in [-0.05, 0) is 107 Å². The molecule has 4 aliphatic rings. The van der Waals surface area contributed by atoms with E-state index < -0.39 is 5.60 Å². The SMILES string of the molecule is CC(C)(C)OC(=O)N1C2CCC1CN(c1nc(OCC34CCCN3CCC4)nc3cc(-c4cc(O)cc5ccccc45)cnc13)C2. The maximum absolute atomic E-state index is 13.2. The number of anilines is 1. The summed E-state index contributed by atoms with van der Waals surface area (Å²) in [5.41, 5.74) is 2.67.